The summed E-state index contributed by atoms with van der Waals surface area (Å²) in [6.45, 7) is 5.24. The molecule has 0 amide bonds. The molecule has 5 nitrogen and oxygen atoms in total. The Morgan fingerprint density at radius 3 is 2.55 bits per heavy atom. The number of hydrogen-bond acceptors (Lipinski definition) is 4. The first-order chi connectivity index (χ1) is 9.32. The van der Waals surface area contributed by atoms with Gasteiger partial charge in [-0.1, -0.05) is 28.9 Å². The summed E-state index contributed by atoms with van der Waals surface area (Å²) < 4.78 is 31.7. The van der Waals surface area contributed by atoms with Crippen molar-refractivity contribution in [2.75, 3.05) is 19.7 Å². The zero-order valence-electron chi connectivity index (χ0n) is 11.7. The van der Waals surface area contributed by atoms with Gasteiger partial charge >= 0.3 is 5.97 Å². The van der Waals surface area contributed by atoms with Gasteiger partial charge in [0.2, 0.25) is 10.0 Å². The largest absolute Gasteiger partial charge is 0.465 e. The Kier molecular flexibility index (Phi) is 6.16. The van der Waals surface area contributed by atoms with Gasteiger partial charge in [0.25, 0.3) is 0 Å². The van der Waals surface area contributed by atoms with E-state index in [1.807, 2.05) is 0 Å². The number of aryl methyl sites for hydroxylation is 1. The second kappa shape index (κ2) is 7.19. The molecule has 0 saturated heterocycles. The van der Waals surface area contributed by atoms with E-state index in [9.17, 15) is 13.2 Å². The lowest BCUT2D eigenvalue weighted by atomic mass is 10.2. The molecule has 0 unspecified atom stereocenters. The lowest BCUT2D eigenvalue weighted by Gasteiger charge is -2.20. The van der Waals surface area contributed by atoms with Gasteiger partial charge in [-0.25, -0.2) is 8.42 Å². The molecule has 0 aliphatic rings. The molecule has 0 aromatic heterocycles. The van der Waals surface area contributed by atoms with E-state index in [0.717, 1.165) is 4.31 Å². The zero-order chi connectivity index (χ0) is 15.3. The minimum Gasteiger partial charge on any atom is -0.465 e. The van der Waals surface area contributed by atoms with Crippen molar-refractivity contribution in [3.05, 3.63) is 28.2 Å². The summed E-state index contributed by atoms with van der Waals surface area (Å²) in [5.74, 6) is -0.550. The first-order valence-corrected chi connectivity index (χ1v) is 8.48. The van der Waals surface area contributed by atoms with Crippen molar-refractivity contribution in [2.24, 2.45) is 0 Å². The van der Waals surface area contributed by atoms with Crippen LogP contribution < -0.4 is 0 Å². The topological polar surface area (TPSA) is 63.7 Å². The molecule has 0 fully saturated rings. The molecule has 0 N–H and O–H groups in total. The predicted molar refractivity (Wildman–Crippen MR) is 79.9 cm³/mol. The van der Waals surface area contributed by atoms with Crippen LogP contribution >= 0.6 is 15.9 Å². The van der Waals surface area contributed by atoms with E-state index in [0.29, 0.717) is 10.0 Å². The van der Waals surface area contributed by atoms with Crippen LogP contribution in [0.1, 0.15) is 19.4 Å². The molecular weight excluding hydrogens is 346 g/mol. The molecule has 7 heteroatoms. The summed E-state index contributed by atoms with van der Waals surface area (Å²) in [5, 5.41) is 0. The minimum absolute atomic E-state index is 0.193. The molecule has 0 heterocycles. The molecule has 1 aromatic rings. The smallest absolute Gasteiger partial charge is 0.321 e. The SMILES string of the molecule is CCOC(=O)CN(CC)S(=O)(=O)c1cc(Br)ccc1C. The standard InChI is InChI=1S/C13H18BrNO4S/c1-4-15(9-13(16)19-5-2)20(17,18)12-8-11(14)7-6-10(12)3/h6-8H,4-5,9H2,1-3H3. The average molecular weight is 364 g/mol. The number of benzene rings is 1. The maximum atomic E-state index is 12.6. The molecule has 20 heavy (non-hydrogen) atoms. The summed E-state index contributed by atoms with van der Waals surface area (Å²) in [6, 6.07) is 5.03. The van der Waals surface area contributed by atoms with E-state index < -0.39 is 16.0 Å². The summed E-state index contributed by atoms with van der Waals surface area (Å²) in [6.07, 6.45) is 0. The lowest BCUT2D eigenvalue weighted by Crippen LogP contribution is -2.36. The molecule has 0 atom stereocenters. The number of carbonyl (C=O) groups excluding carboxylic acids is 1. The highest BCUT2D eigenvalue weighted by atomic mass is 79.9. The van der Waals surface area contributed by atoms with Crippen LogP contribution in [0.5, 0.6) is 0 Å². The molecule has 0 spiro atoms. The van der Waals surface area contributed by atoms with Crippen molar-refractivity contribution >= 4 is 31.9 Å². The van der Waals surface area contributed by atoms with E-state index >= 15 is 0 Å². The number of hydrogen-bond donors (Lipinski definition) is 0. The second-order valence-corrected chi connectivity index (χ2v) is 6.97. The molecule has 112 valence electrons. The highest BCUT2D eigenvalue weighted by molar-refractivity contribution is 9.10. The number of nitrogens with zero attached hydrogens (tertiary/aromatic N) is 1. The van der Waals surface area contributed by atoms with Crippen LogP contribution in [0.15, 0.2) is 27.6 Å². The molecular formula is C13H18BrNO4S. The average Bonchev–Trinajstić information content (AvgIpc) is 2.38. The van der Waals surface area contributed by atoms with Gasteiger partial charge in [0.1, 0.15) is 6.54 Å². The summed E-state index contributed by atoms with van der Waals surface area (Å²) >= 11 is 3.26. The third kappa shape index (κ3) is 4.04. The van der Waals surface area contributed by atoms with E-state index in [-0.39, 0.29) is 24.6 Å². The minimum atomic E-state index is -3.72. The third-order valence-corrected chi connectivity index (χ3v) is 5.29. The Hall–Kier alpha value is -0.920. The van der Waals surface area contributed by atoms with Crippen molar-refractivity contribution in [2.45, 2.75) is 25.7 Å². The molecule has 0 bridgehead atoms. The Labute approximate surface area is 128 Å². The maximum Gasteiger partial charge on any atom is 0.321 e. The fraction of sp³-hybridized carbons (Fsp3) is 0.462. The van der Waals surface area contributed by atoms with E-state index in [1.54, 1.807) is 39.0 Å². The van der Waals surface area contributed by atoms with Crippen LogP contribution in [0.4, 0.5) is 0 Å². The Balaban J connectivity index is 3.12. The van der Waals surface area contributed by atoms with E-state index in [1.165, 1.54) is 0 Å². The molecule has 0 aliphatic carbocycles. The van der Waals surface area contributed by atoms with Crippen molar-refractivity contribution in [1.29, 1.82) is 0 Å². The molecule has 1 rings (SSSR count). The van der Waals surface area contributed by atoms with E-state index in [2.05, 4.69) is 15.9 Å². The maximum absolute atomic E-state index is 12.6. The van der Waals surface area contributed by atoms with Gasteiger partial charge in [0, 0.05) is 11.0 Å². The van der Waals surface area contributed by atoms with Crippen LogP contribution in [0.2, 0.25) is 0 Å². The summed E-state index contributed by atoms with van der Waals surface area (Å²) in [4.78, 5) is 11.7. The summed E-state index contributed by atoms with van der Waals surface area (Å²) in [5.41, 5.74) is 0.635. The van der Waals surface area contributed by atoms with Crippen molar-refractivity contribution in [3.63, 3.8) is 0 Å². The van der Waals surface area contributed by atoms with Gasteiger partial charge in [-0.2, -0.15) is 4.31 Å². The first kappa shape index (κ1) is 17.1. The predicted octanol–water partition coefficient (Wildman–Crippen LogP) is 2.33. The van der Waals surface area contributed by atoms with Gasteiger partial charge in [-0.05, 0) is 31.5 Å². The number of halogens is 1. The number of ether oxygens (including phenoxy) is 1. The van der Waals surface area contributed by atoms with E-state index in [4.69, 9.17) is 4.74 Å². The van der Waals surface area contributed by atoms with Crippen LogP contribution in [0, 0.1) is 6.92 Å². The number of likely N-dealkylation sites (N-methyl/N-ethyl adjacent to an activating group) is 1. The molecule has 0 saturated carbocycles. The van der Waals surface area contributed by atoms with Gasteiger partial charge in [0.05, 0.1) is 11.5 Å². The lowest BCUT2D eigenvalue weighted by molar-refractivity contribution is -0.143. The van der Waals surface area contributed by atoms with Gasteiger partial charge < -0.3 is 4.74 Å². The van der Waals surface area contributed by atoms with Gasteiger partial charge in [-0.3, -0.25) is 4.79 Å². The van der Waals surface area contributed by atoms with Gasteiger partial charge in [-0.15, -0.1) is 0 Å². The number of esters is 1. The first-order valence-electron chi connectivity index (χ1n) is 6.24. The highest BCUT2D eigenvalue weighted by Crippen LogP contribution is 2.23. The number of sulfonamides is 1. The Morgan fingerprint density at radius 2 is 2.00 bits per heavy atom. The van der Waals surface area contributed by atoms with Crippen LogP contribution in [-0.2, 0) is 19.6 Å². The fourth-order valence-corrected chi connectivity index (χ4v) is 3.87. The van der Waals surface area contributed by atoms with Crippen molar-refractivity contribution in [3.8, 4) is 0 Å². The molecule has 0 aliphatic heterocycles. The fourth-order valence-electron chi connectivity index (χ4n) is 1.71. The number of carbonyl (C=O) groups is 1. The summed E-state index contributed by atoms with van der Waals surface area (Å²) in [7, 11) is -3.72. The van der Waals surface area contributed by atoms with Crippen LogP contribution in [0.25, 0.3) is 0 Å². The quantitative estimate of drug-likeness (QED) is 0.727. The molecule has 0 radical (unpaired) electrons. The normalized spacial score (nSPS) is 11.7. The highest BCUT2D eigenvalue weighted by Gasteiger charge is 2.27. The zero-order valence-corrected chi connectivity index (χ0v) is 14.1. The van der Waals surface area contributed by atoms with Gasteiger partial charge in [0.15, 0.2) is 0 Å². The Morgan fingerprint density at radius 1 is 1.35 bits per heavy atom. The van der Waals surface area contributed by atoms with Crippen molar-refractivity contribution in [1.82, 2.24) is 4.31 Å². The third-order valence-electron chi connectivity index (χ3n) is 2.73. The van der Waals surface area contributed by atoms with Crippen molar-refractivity contribution < 1.29 is 17.9 Å². The second-order valence-electron chi connectivity index (χ2n) is 4.15. The number of rotatable bonds is 6. The van der Waals surface area contributed by atoms with Crippen LogP contribution in [-0.4, -0.2) is 38.4 Å². The van der Waals surface area contributed by atoms with Crippen LogP contribution in [0.3, 0.4) is 0 Å². The Bertz CT molecular complexity index is 586. The monoisotopic (exact) mass is 363 g/mol. The molecule has 1 aromatic carbocycles.